The molecule has 0 spiro atoms. The van der Waals surface area contributed by atoms with E-state index >= 15 is 0 Å². The van der Waals surface area contributed by atoms with Crippen LogP contribution in [0, 0.1) is 5.92 Å². The Kier molecular flexibility index (Phi) is 7.17. The molecular weight excluding hydrogens is 360 g/mol. The third-order valence-corrected chi connectivity index (χ3v) is 7.90. The Morgan fingerprint density at radius 3 is 2.22 bits per heavy atom. The second-order valence-electron chi connectivity index (χ2n) is 8.03. The second kappa shape index (κ2) is 9.39. The van der Waals surface area contributed by atoms with Crippen molar-refractivity contribution in [2.45, 2.75) is 63.3 Å². The molecule has 0 bridgehead atoms. The molecule has 0 atom stereocenters. The smallest absolute Gasteiger partial charge is 0.243 e. The van der Waals surface area contributed by atoms with Gasteiger partial charge in [-0.3, -0.25) is 0 Å². The second-order valence-corrected chi connectivity index (χ2v) is 9.97. The van der Waals surface area contributed by atoms with Crippen LogP contribution in [0.5, 0.6) is 5.75 Å². The van der Waals surface area contributed by atoms with E-state index in [2.05, 4.69) is 18.7 Å². The van der Waals surface area contributed by atoms with Gasteiger partial charge in [-0.2, -0.15) is 4.31 Å². The highest BCUT2D eigenvalue weighted by Crippen LogP contribution is 2.27. The molecule has 2 fully saturated rings. The maximum absolute atomic E-state index is 13.0. The first-order valence-electron chi connectivity index (χ1n) is 10.5. The fourth-order valence-electron chi connectivity index (χ4n) is 4.03. The zero-order valence-corrected chi connectivity index (χ0v) is 17.6. The molecule has 2 aliphatic rings. The summed E-state index contributed by atoms with van der Waals surface area (Å²) in [4.78, 5) is 2.95. The van der Waals surface area contributed by atoms with Gasteiger partial charge in [-0.05, 0) is 75.4 Å². The molecule has 0 amide bonds. The average Bonchev–Trinajstić information content (AvgIpc) is 2.69. The van der Waals surface area contributed by atoms with Crippen LogP contribution in [0.3, 0.4) is 0 Å². The molecule has 0 aliphatic carbocycles. The third kappa shape index (κ3) is 5.24. The molecular formula is C21H34N2O3S. The van der Waals surface area contributed by atoms with E-state index in [1.54, 1.807) is 28.6 Å². The van der Waals surface area contributed by atoms with Crippen LogP contribution in [-0.2, 0) is 10.0 Å². The van der Waals surface area contributed by atoms with Crippen LogP contribution < -0.4 is 4.74 Å². The van der Waals surface area contributed by atoms with Crippen molar-refractivity contribution >= 4 is 10.0 Å². The third-order valence-electron chi connectivity index (χ3n) is 5.99. The standard InChI is InChI=1S/C21H34N2O3S/c1-3-4-17-26-20-5-7-21(8-6-20)27(24,25)23-15-11-19(12-16-23)22-13-9-18(2)10-14-22/h5-8,18-19H,3-4,9-17H2,1-2H3. The van der Waals surface area contributed by atoms with Crippen LogP contribution in [-0.4, -0.2) is 56.5 Å². The zero-order chi connectivity index (χ0) is 19.3. The predicted molar refractivity (Wildman–Crippen MR) is 109 cm³/mol. The van der Waals surface area contributed by atoms with Crippen molar-refractivity contribution in [3.63, 3.8) is 0 Å². The van der Waals surface area contributed by atoms with Crippen LogP contribution in [0.2, 0.25) is 0 Å². The summed E-state index contributed by atoms with van der Waals surface area (Å²) < 4.78 is 33.2. The molecule has 1 aromatic carbocycles. The molecule has 6 heteroatoms. The summed E-state index contributed by atoms with van der Waals surface area (Å²) in [6.07, 6.45) is 6.50. The molecule has 0 unspecified atom stereocenters. The average molecular weight is 395 g/mol. The van der Waals surface area contributed by atoms with E-state index in [9.17, 15) is 8.42 Å². The maximum atomic E-state index is 13.0. The normalized spacial score (nSPS) is 21.4. The molecule has 3 rings (SSSR count). The van der Waals surface area contributed by atoms with Crippen LogP contribution in [0.1, 0.15) is 52.4 Å². The van der Waals surface area contributed by atoms with Gasteiger partial charge in [0, 0.05) is 19.1 Å². The van der Waals surface area contributed by atoms with Gasteiger partial charge in [0.15, 0.2) is 0 Å². The van der Waals surface area contributed by atoms with Crippen LogP contribution in [0.4, 0.5) is 0 Å². The highest BCUT2D eigenvalue weighted by molar-refractivity contribution is 7.89. The minimum absolute atomic E-state index is 0.371. The number of nitrogens with zero attached hydrogens (tertiary/aromatic N) is 2. The summed E-state index contributed by atoms with van der Waals surface area (Å²) in [5.74, 6) is 1.57. The maximum Gasteiger partial charge on any atom is 0.243 e. The molecule has 0 radical (unpaired) electrons. The zero-order valence-electron chi connectivity index (χ0n) is 16.8. The number of sulfonamides is 1. The molecule has 0 aromatic heterocycles. The first-order valence-corrected chi connectivity index (χ1v) is 11.9. The summed E-state index contributed by atoms with van der Waals surface area (Å²) in [6.45, 7) is 8.68. The van der Waals surface area contributed by atoms with Gasteiger partial charge in [0.25, 0.3) is 0 Å². The molecule has 0 saturated carbocycles. The van der Waals surface area contributed by atoms with Crippen molar-refractivity contribution < 1.29 is 13.2 Å². The van der Waals surface area contributed by atoms with Crippen molar-refractivity contribution in [3.8, 4) is 5.75 Å². The van der Waals surface area contributed by atoms with E-state index in [0.717, 1.165) is 50.4 Å². The van der Waals surface area contributed by atoms with E-state index < -0.39 is 10.0 Å². The number of unbranched alkanes of at least 4 members (excludes halogenated alkanes) is 1. The summed E-state index contributed by atoms with van der Waals surface area (Å²) in [5, 5.41) is 0. The number of ether oxygens (including phenoxy) is 1. The van der Waals surface area contributed by atoms with E-state index in [1.165, 1.54) is 12.8 Å². The van der Waals surface area contributed by atoms with Crippen molar-refractivity contribution in [3.05, 3.63) is 24.3 Å². The van der Waals surface area contributed by atoms with Gasteiger partial charge < -0.3 is 9.64 Å². The van der Waals surface area contributed by atoms with E-state index in [4.69, 9.17) is 4.74 Å². The minimum Gasteiger partial charge on any atom is -0.494 e. The van der Waals surface area contributed by atoms with Gasteiger partial charge in [0.2, 0.25) is 10.0 Å². The van der Waals surface area contributed by atoms with Crippen LogP contribution in [0.25, 0.3) is 0 Å². The molecule has 2 heterocycles. The summed E-state index contributed by atoms with van der Waals surface area (Å²) in [6, 6.07) is 7.43. The highest BCUT2D eigenvalue weighted by atomic mass is 32.2. The first-order chi connectivity index (χ1) is 13.0. The molecule has 2 aliphatic heterocycles. The lowest BCUT2D eigenvalue weighted by Gasteiger charge is -2.41. The lowest BCUT2D eigenvalue weighted by molar-refractivity contribution is 0.101. The molecule has 5 nitrogen and oxygen atoms in total. The number of hydrogen-bond donors (Lipinski definition) is 0. The Balaban J connectivity index is 1.55. The summed E-state index contributed by atoms with van der Waals surface area (Å²) in [7, 11) is -3.41. The van der Waals surface area contributed by atoms with Crippen molar-refractivity contribution in [2.24, 2.45) is 5.92 Å². The highest BCUT2D eigenvalue weighted by Gasteiger charge is 2.32. The fourth-order valence-corrected chi connectivity index (χ4v) is 5.50. The number of piperidine rings is 2. The fraction of sp³-hybridized carbons (Fsp3) is 0.714. The Hall–Kier alpha value is -1.11. The summed E-state index contributed by atoms with van der Waals surface area (Å²) in [5.41, 5.74) is 0. The number of hydrogen-bond acceptors (Lipinski definition) is 4. The quantitative estimate of drug-likeness (QED) is 0.661. The van der Waals surface area contributed by atoms with Gasteiger partial charge in [-0.15, -0.1) is 0 Å². The molecule has 0 N–H and O–H groups in total. The molecule has 152 valence electrons. The van der Waals surface area contributed by atoms with Crippen molar-refractivity contribution in [2.75, 3.05) is 32.8 Å². The van der Waals surface area contributed by atoms with Crippen LogP contribution in [0.15, 0.2) is 29.2 Å². The molecule has 27 heavy (non-hydrogen) atoms. The van der Waals surface area contributed by atoms with E-state index in [-0.39, 0.29) is 0 Å². The van der Waals surface area contributed by atoms with Gasteiger partial charge in [0.05, 0.1) is 11.5 Å². The monoisotopic (exact) mass is 394 g/mol. The van der Waals surface area contributed by atoms with Crippen molar-refractivity contribution in [1.29, 1.82) is 0 Å². The lowest BCUT2D eigenvalue weighted by Crippen LogP contribution is -2.48. The number of rotatable bonds is 7. The van der Waals surface area contributed by atoms with Gasteiger partial charge >= 0.3 is 0 Å². The van der Waals surface area contributed by atoms with Crippen molar-refractivity contribution in [1.82, 2.24) is 9.21 Å². The topological polar surface area (TPSA) is 49.9 Å². The predicted octanol–water partition coefficient (Wildman–Crippen LogP) is 3.75. The summed E-state index contributed by atoms with van der Waals surface area (Å²) >= 11 is 0. The Morgan fingerprint density at radius 1 is 1.00 bits per heavy atom. The van der Waals surface area contributed by atoms with E-state index in [1.807, 2.05) is 0 Å². The van der Waals surface area contributed by atoms with Crippen LogP contribution >= 0.6 is 0 Å². The van der Waals surface area contributed by atoms with Gasteiger partial charge in [-0.25, -0.2) is 8.42 Å². The number of benzene rings is 1. The van der Waals surface area contributed by atoms with E-state index in [0.29, 0.717) is 30.6 Å². The minimum atomic E-state index is -3.41. The Morgan fingerprint density at radius 2 is 1.63 bits per heavy atom. The first kappa shape index (κ1) is 20.6. The van der Waals surface area contributed by atoms with Gasteiger partial charge in [-0.1, -0.05) is 20.3 Å². The lowest BCUT2D eigenvalue weighted by atomic mass is 9.95. The largest absolute Gasteiger partial charge is 0.494 e. The SMILES string of the molecule is CCCCOc1ccc(S(=O)(=O)N2CCC(N3CCC(C)CC3)CC2)cc1. The molecule has 2 saturated heterocycles. The Labute approximate surface area is 164 Å². The number of likely N-dealkylation sites (tertiary alicyclic amines) is 1. The van der Waals surface area contributed by atoms with Gasteiger partial charge in [0.1, 0.15) is 5.75 Å². The molecule has 1 aromatic rings. The Bertz CT molecular complexity index is 674.